The van der Waals surface area contributed by atoms with E-state index in [-0.39, 0.29) is 28.0 Å². The summed E-state index contributed by atoms with van der Waals surface area (Å²) in [4.78, 5) is 0. The van der Waals surface area contributed by atoms with Crippen LogP contribution in [0.15, 0.2) is 12.1 Å². The number of nitrogens with two attached hydrogens (primary N) is 1. The Labute approximate surface area is 112 Å². The molecule has 2 nitrogen and oxygen atoms in total. The Kier molecular flexibility index (Phi) is 5.87. The second kappa shape index (κ2) is 6.00. The molecule has 0 heterocycles. The first-order chi connectivity index (χ1) is 7.20. The molecule has 0 aromatic heterocycles. The minimum Gasteiger partial charge on any atom is -0.508 e. The first-order valence-corrected chi connectivity index (χ1v) is 4.96. The van der Waals surface area contributed by atoms with Gasteiger partial charge in [-0.05, 0) is 12.1 Å². The molecule has 0 radical (unpaired) electrons. The Balaban J connectivity index is 0.00000256. The number of phenols is 1. The van der Waals surface area contributed by atoms with Crippen LogP contribution in [0.4, 0.5) is 13.2 Å². The highest BCUT2D eigenvalue weighted by atomic mass is 35.5. The molecule has 0 saturated carbocycles. The maximum atomic E-state index is 12.1. The molecule has 0 aliphatic rings. The summed E-state index contributed by atoms with van der Waals surface area (Å²) in [6.45, 7) is 0. The fraction of sp³-hybridized carbons (Fsp3) is 0.333. The average molecular weight is 311 g/mol. The lowest BCUT2D eigenvalue weighted by molar-refractivity contribution is -0.138. The number of aromatic hydroxyl groups is 1. The van der Waals surface area contributed by atoms with Crippen LogP contribution in [0.2, 0.25) is 10.0 Å². The van der Waals surface area contributed by atoms with E-state index in [1.165, 1.54) is 6.07 Å². The van der Waals surface area contributed by atoms with Crippen molar-refractivity contribution < 1.29 is 18.3 Å². The fourth-order valence-corrected chi connectivity index (χ4v) is 1.91. The van der Waals surface area contributed by atoms with Crippen LogP contribution in [0, 0.1) is 0 Å². The van der Waals surface area contributed by atoms with E-state index >= 15 is 0 Å². The van der Waals surface area contributed by atoms with Crippen LogP contribution in [0.5, 0.6) is 5.75 Å². The molecule has 3 N–H and O–H groups in total. The molecule has 0 aliphatic heterocycles. The topological polar surface area (TPSA) is 46.2 Å². The van der Waals surface area contributed by atoms with Gasteiger partial charge in [0.25, 0.3) is 0 Å². The monoisotopic (exact) mass is 309 g/mol. The summed E-state index contributed by atoms with van der Waals surface area (Å²) in [5.41, 5.74) is 5.18. The zero-order valence-electron chi connectivity index (χ0n) is 8.26. The second-order valence-corrected chi connectivity index (χ2v) is 4.09. The van der Waals surface area contributed by atoms with Crippen molar-refractivity contribution in [2.45, 2.75) is 18.6 Å². The zero-order valence-corrected chi connectivity index (χ0v) is 10.6. The predicted molar refractivity (Wildman–Crippen MR) is 63.0 cm³/mol. The predicted octanol–water partition coefficient (Wildman–Crippen LogP) is 4.07. The lowest BCUT2D eigenvalue weighted by Crippen LogP contribution is -2.20. The average Bonchev–Trinajstić information content (AvgIpc) is 1.96. The number of rotatable bonds is 2. The van der Waals surface area contributed by atoms with Gasteiger partial charge in [0.05, 0.1) is 11.4 Å². The second-order valence-electron chi connectivity index (χ2n) is 3.25. The summed E-state index contributed by atoms with van der Waals surface area (Å²) < 4.78 is 36.3. The zero-order chi connectivity index (χ0) is 12.5. The van der Waals surface area contributed by atoms with Crippen LogP contribution < -0.4 is 5.73 Å². The highest BCUT2D eigenvalue weighted by Crippen LogP contribution is 2.38. The third kappa shape index (κ3) is 4.79. The van der Waals surface area contributed by atoms with E-state index in [0.717, 1.165) is 6.07 Å². The molecular weight excluding hydrogens is 301 g/mol. The van der Waals surface area contributed by atoms with E-state index in [1.54, 1.807) is 0 Å². The van der Waals surface area contributed by atoms with Crippen molar-refractivity contribution >= 4 is 35.6 Å². The first kappa shape index (κ1) is 16.6. The summed E-state index contributed by atoms with van der Waals surface area (Å²) >= 11 is 11.2. The summed E-state index contributed by atoms with van der Waals surface area (Å²) in [5.74, 6) is -0.436. The fourth-order valence-electron chi connectivity index (χ4n) is 1.29. The molecule has 8 heteroatoms. The molecule has 1 atom stereocenters. The quantitative estimate of drug-likeness (QED) is 0.865. The van der Waals surface area contributed by atoms with Crippen LogP contribution >= 0.6 is 35.6 Å². The van der Waals surface area contributed by atoms with Crippen LogP contribution in [-0.4, -0.2) is 11.3 Å². The standard InChI is InChI=1S/C9H8Cl2F3NO.ClH/c10-4-1-5(11)8(7(16)2-4)6(15)3-9(12,13)14;/h1-2,6,16H,3,15H2;1H/t6-;/m1./s1. The molecule has 0 fully saturated rings. The maximum absolute atomic E-state index is 12.1. The Morgan fingerprint density at radius 2 is 1.82 bits per heavy atom. The van der Waals surface area contributed by atoms with Gasteiger partial charge in [0, 0.05) is 16.6 Å². The molecule has 1 aromatic rings. The Hall–Kier alpha value is -0.360. The minimum absolute atomic E-state index is 0. The van der Waals surface area contributed by atoms with Gasteiger partial charge in [0.2, 0.25) is 0 Å². The van der Waals surface area contributed by atoms with Gasteiger partial charge >= 0.3 is 6.18 Å². The summed E-state index contributed by atoms with van der Waals surface area (Å²) in [7, 11) is 0. The van der Waals surface area contributed by atoms with E-state index in [2.05, 4.69) is 0 Å². The Morgan fingerprint density at radius 3 is 2.24 bits per heavy atom. The number of benzene rings is 1. The van der Waals surface area contributed by atoms with E-state index in [9.17, 15) is 18.3 Å². The van der Waals surface area contributed by atoms with Gasteiger partial charge in [0.1, 0.15) is 5.75 Å². The largest absolute Gasteiger partial charge is 0.508 e. The molecule has 0 spiro atoms. The van der Waals surface area contributed by atoms with Crippen LogP contribution in [0.1, 0.15) is 18.0 Å². The SMILES string of the molecule is Cl.N[C@H](CC(F)(F)F)c1c(O)cc(Cl)cc1Cl. The molecule has 98 valence electrons. The number of halogens is 6. The van der Waals surface area contributed by atoms with Crippen molar-refractivity contribution in [3.63, 3.8) is 0 Å². The smallest absolute Gasteiger partial charge is 0.390 e. The Bertz CT molecular complexity index is 375. The van der Waals surface area contributed by atoms with Gasteiger partial charge in [-0.15, -0.1) is 12.4 Å². The van der Waals surface area contributed by atoms with Gasteiger partial charge in [-0.2, -0.15) is 13.2 Å². The minimum atomic E-state index is -4.42. The summed E-state index contributed by atoms with van der Waals surface area (Å²) in [5, 5.41) is 9.47. The highest BCUT2D eigenvalue weighted by molar-refractivity contribution is 6.35. The van der Waals surface area contributed by atoms with E-state index in [4.69, 9.17) is 28.9 Å². The van der Waals surface area contributed by atoms with E-state index in [1.807, 2.05) is 0 Å². The molecule has 1 aromatic carbocycles. The van der Waals surface area contributed by atoms with Crippen molar-refractivity contribution in [1.82, 2.24) is 0 Å². The molecule has 0 amide bonds. The number of hydrogen-bond acceptors (Lipinski definition) is 2. The molecule has 1 rings (SSSR count). The maximum Gasteiger partial charge on any atom is 0.390 e. The number of hydrogen-bond donors (Lipinski definition) is 2. The first-order valence-electron chi connectivity index (χ1n) is 4.21. The summed E-state index contributed by atoms with van der Waals surface area (Å²) in [6.07, 6.45) is -5.68. The molecule has 17 heavy (non-hydrogen) atoms. The molecular formula is C9H9Cl3F3NO. The van der Waals surface area contributed by atoms with Crippen molar-refractivity contribution in [1.29, 1.82) is 0 Å². The van der Waals surface area contributed by atoms with Crippen molar-refractivity contribution in [3.05, 3.63) is 27.7 Å². The lowest BCUT2D eigenvalue weighted by atomic mass is 10.0. The molecule has 0 saturated heterocycles. The van der Waals surface area contributed by atoms with Gasteiger partial charge in [-0.1, -0.05) is 23.2 Å². The van der Waals surface area contributed by atoms with E-state index in [0.29, 0.717) is 0 Å². The van der Waals surface area contributed by atoms with Crippen LogP contribution in [0.3, 0.4) is 0 Å². The highest BCUT2D eigenvalue weighted by Gasteiger charge is 2.32. The van der Waals surface area contributed by atoms with Crippen molar-refractivity contribution in [2.24, 2.45) is 5.73 Å². The Morgan fingerprint density at radius 1 is 1.29 bits per heavy atom. The third-order valence-electron chi connectivity index (χ3n) is 1.89. The van der Waals surface area contributed by atoms with Gasteiger partial charge < -0.3 is 10.8 Å². The normalized spacial score (nSPS) is 13.1. The molecule has 0 bridgehead atoms. The third-order valence-corrected chi connectivity index (χ3v) is 2.43. The van der Waals surface area contributed by atoms with Crippen molar-refractivity contribution in [3.8, 4) is 5.75 Å². The van der Waals surface area contributed by atoms with Crippen LogP contribution in [0.25, 0.3) is 0 Å². The summed E-state index contributed by atoms with van der Waals surface area (Å²) in [6, 6.07) is 0.915. The lowest BCUT2D eigenvalue weighted by Gasteiger charge is -2.17. The van der Waals surface area contributed by atoms with Crippen LogP contribution in [-0.2, 0) is 0 Å². The van der Waals surface area contributed by atoms with Crippen molar-refractivity contribution in [2.75, 3.05) is 0 Å². The molecule has 0 unspecified atom stereocenters. The van der Waals surface area contributed by atoms with E-state index < -0.39 is 24.4 Å². The molecule has 0 aliphatic carbocycles. The van der Waals surface area contributed by atoms with Gasteiger partial charge in [-0.3, -0.25) is 0 Å². The van der Waals surface area contributed by atoms with Gasteiger partial charge in [0.15, 0.2) is 0 Å². The number of phenolic OH excluding ortho intramolecular Hbond substituents is 1. The van der Waals surface area contributed by atoms with Gasteiger partial charge in [-0.25, -0.2) is 0 Å². The number of alkyl halides is 3.